The molecule has 8 rings (SSSR count). The third-order valence-electron chi connectivity index (χ3n) is 18.7. The van der Waals surface area contributed by atoms with Crippen LogP contribution in [0.5, 0.6) is 0 Å². The lowest BCUT2D eigenvalue weighted by Gasteiger charge is -2.72. The number of ketones is 1. The lowest BCUT2D eigenvalue weighted by molar-refractivity contribution is -0.235. The summed E-state index contributed by atoms with van der Waals surface area (Å²) in [6.07, 6.45) is 8.23. The van der Waals surface area contributed by atoms with Gasteiger partial charge in [-0.3, -0.25) is 19.2 Å². The number of Topliss-reactive ketones (excluding diaryl/α,β-unsaturated/α-hetero) is 1. The topological polar surface area (TPSA) is 149 Å². The molecule has 0 aliphatic heterocycles. The summed E-state index contributed by atoms with van der Waals surface area (Å²) in [5, 5.41) is 22.5. The second-order valence-corrected chi connectivity index (χ2v) is 23.4. The minimum absolute atomic E-state index is 0.0109. The third kappa shape index (κ3) is 6.51. The number of amides is 1. The molecule has 0 spiro atoms. The van der Waals surface area contributed by atoms with E-state index in [1.165, 1.54) is 5.57 Å². The van der Waals surface area contributed by atoms with E-state index in [0.717, 1.165) is 56.1 Å². The first-order valence-electron chi connectivity index (χ1n) is 22.9. The van der Waals surface area contributed by atoms with Gasteiger partial charge in [-0.25, -0.2) is 0 Å². The second-order valence-electron chi connectivity index (χ2n) is 22.9. The van der Waals surface area contributed by atoms with Crippen LogP contribution in [0.15, 0.2) is 39.8 Å². The van der Waals surface area contributed by atoms with Gasteiger partial charge in [0.25, 0.3) is 0 Å². The minimum atomic E-state index is -1.14. The Balaban J connectivity index is 1.04. The summed E-state index contributed by atoms with van der Waals surface area (Å²) in [7, 11) is 0. The molecule has 6 aliphatic carbocycles. The van der Waals surface area contributed by atoms with Gasteiger partial charge in [0.2, 0.25) is 17.7 Å². The van der Waals surface area contributed by atoms with Crippen molar-refractivity contribution in [1.29, 1.82) is 0 Å². The van der Waals surface area contributed by atoms with Crippen LogP contribution in [-0.2, 0) is 35.8 Å². The van der Waals surface area contributed by atoms with E-state index in [2.05, 4.69) is 64.0 Å². The molecule has 1 amide bonds. The molecule has 2 aromatic rings. The number of carboxylic acid groups (broad SMARTS) is 1. The Kier molecular flexibility index (Phi) is 10.5. The van der Waals surface area contributed by atoms with Crippen molar-refractivity contribution in [3.05, 3.63) is 57.8 Å². The van der Waals surface area contributed by atoms with Crippen molar-refractivity contribution < 1.29 is 33.4 Å². The number of carboxylic acids is 1. The van der Waals surface area contributed by atoms with E-state index >= 15 is 0 Å². The van der Waals surface area contributed by atoms with Crippen LogP contribution in [0.2, 0.25) is 5.02 Å². The Morgan fingerprint density at radius 3 is 2.21 bits per heavy atom. The Labute approximate surface area is 367 Å². The van der Waals surface area contributed by atoms with Gasteiger partial charge in [0.15, 0.2) is 5.78 Å². The van der Waals surface area contributed by atoms with Crippen molar-refractivity contribution in [2.45, 2.75) is 164 Å². The first-order chi connectivity index (χ1) is 28.3. The first-order valence-corrected chi connectivity index (χ1v) is 23.3. The zero-order chi connectivity index (χ0) is 44.5. The number of benzene rings is 1. The van der Waals surface area contributed by atoms with Crippen molar-refractivity contribution in [1.82, 2.24) is 15.5 Å². The Hall–Kier alpha value is -3.53. The fraction of sp³-hybridized carbons (Fsp3) is 0.720. The Morgan fingerprint density at radius 1 is 0.885 bits per heavy atom. The predicted molar refractivity (Wildman–Crippen MR) is 232 cm³/mol. The maximum absolute atomic E-state index is 14.6. The van der Waals surface area contributed by atoms with Gasteiger partial charge in [0, 0.05) is 16.9 Å². The van der Waals surface area contributed by atoms with Gasteiger partial charge in [-0.05, 0) is 146 Å². The van der Waals surface area contributed by atoms with Crippen LogP contribution in [0.1, 0.15) is 158 Å². The zero-order valence-corrected chi connectivity index (χ0v) is 39.1. The van der Waals surface area contributed by atoms with Crippen molar-refractivity contribution >= 4 is 35.2 Å². The maximum Gasteiger partial charge on any atom is 0.309 e. The number of halogens is 1. The van der Waals surface area contributed by atoms with Crippen molar-refractivity contribution in [2.24, 2.45) is 62.6 Å². The average Bonchev–Trinajstić information content (AvgIpc) is 3.75. The predicted octanol–water partition coefficient (Wildman–Crippen LogP) is 10.1. The smallest absolute Gasteiger partial charge is 0.309 e. The van der Waals surface area contributed by atoms with Crippen molar-refractivity contribution in [3.63, 3.8) is 0 Å². The number of rotatable bonds is 9. The highest BCUT2D eigenvalue weighted by Gasteiger charge is 2.71. The molecule has 0 bridgehead atoms. The summed E-state index contributed by atoms with van der Waals surface area (Å²) in [5.41, 5.74) is 0.196. The number of esters is 1. The summed E-state index contributed by atoms with van der Waals surface area (Å²) >= 11 is 6.09. The third-order valence-corrected chi connectivity index (χ3v) is 18.9. The molecule has 6 aliphatic rings. The van der Waals surface area contributed by atoms with Gasteiger partial charge < -0.3 is 19.6 Å². The molecular weight excluding hydrogens is 790 g/mol. The molecule has 5 saturated carbocycles. The van der Waals surface area contributed by atoms with E-state index in [4.69, 9.17) is 20.8 Å². The SMILES string of the molecule is CC(C)C1=C2[C@H]3CC[C@@H]4[C@@]5(C)CC[C@H](OC(=O)[C@H]6C[C@@H](C(=O)O)C6(C)C)C(C)(C)[C@@H]5CC[C@@]4(C)[C@]3(C)CC[C@@]2(NC(=O)C(C)(C)c2nnc(Cc3ccc(Cl)cc3)o2)CC1=O. The molecular formula is C50H68ClN3O7. The van der Waals surface area contributed by atoms with Gasteiger partial charge in [-0.1, -0.05) is 86.0 Å². The summed E-state index contributed by atoms with van der Waals surface area (Å²) in [6, 6.07) is 7.48. The quantitative estimate of drug-likeness (QED) is 0.235. The van der Waals surface area contributed by atoms with E-state index in [-0.39, 0.29) is 69.6 Å². The fourth-order valence-corrected chi connectivity index (χ4v) is 14.9. The van der Waals surface area contributed by atoms with Crippen LogP contribution >= 0.6 is 11.6 Å². The molecule has 1 aromatic carbocycles. The fourth-order valence-electron chi connectivity index (χ4n) is 14.7. The number of carbonyl (C=O) groups excluding carboxylic acids is 3. The molecule has 10 atom stereocenters. The summed E-state index contributed by atoms with van der Waals surface area (Å²) in [5.74, 6) is -0.444. The highest BCUT2D eigenvalue weighted by molar-refractivity contribution is 6.30. The second kappa shape index (κ2) is 14.5. The van der Waals surface area contributed by atoms with Crippen molar-refractivity contribution in [3.8, 4) is 0 Å². The summed E-state index contributed by atoms with van der Waals surface area (Å²) < 4.78 is 12.6. The van der Waals surface area contributed by atoms with E-state index in [0.29, 0.717) is 42.0 Å². The van der Waals surface area contributed by atoms with Crippen LogP contribution in [0, 0.1) is 62.6 Å². The van der Waals surface area contributed by atoms with Gasteiger partial charge in [-0.15, -0.1) is 10.2 Å². The van der Waals surface area contributed by atoms with Gasteiger partial charge in [0.05, 0.1) is 23.8 Å². The molecule has 5 fully saturated rings. The van der Waals surface area contributed by atoms with Crippen LogP contribution in [-0.4, -0.2) is 50.6 Å². The summed E-state index contributed by atoms with van der Waals surface area (Å²) in [6.45, 7) is 23.8. The lowest BCUT2D eigenvalue weighted by Crippen LogP contribution is -2.67. The van der Waals surface area contributed by atoms with Crippen LogP contribution < -0.4 is 5.32 Å². The molecule has 0 saturated heterocycles. The molecule has 332 valence electrons. The molecule has 11 heteroatoms. The van der Waals surface area contributed by atoms with E-state index in [1.807, 2.05) is 52.0 Å². The van der Waals surface area contributed by atoms with E-state index < -0.39 is 34.2 Å². The number of aliphatic carboxylic acids is 1. The van der Waals surface area contributed by atoms with Crippen LogP contribution in [0.3, 0.4) is 0 Å². The van der Waals surface area contributed by atoms with Crippen molar-refractivity contribution in [2.75, 3.05) is 0 Å². The van der Waals surface area contributed by atoms with Crippen LogP contribution in [0.25, 0.3) is 0 Å². The summed E-state index contributed by atoms with van der Waals surface area (Å²) in [4.78, 5) is 54.4. The molecule has 61 heavy (non-hydrogen) atoms. The molecule has 2 N–H and O–H groups in total. The normalized spacial score (nSPS) is 37.5. The van der Waals surface area contributed by atoms with Gasteiger partial charge in [-0.2, -0.15) is 0 Å². The molecule has 1 aromatic heterocycles. The number of nitrogens with zero attached hydrogens (tertiary/aromatic N) is 2. The number of fused-ring (bicyclic) bond motifs is 7. The Morgan fingerprint density at radius 2 is 1.57 bits per heavy atom. The average molecular weight is 859 g/mol. The highest BCUT2D eigenvalue weighted by atomic mass is 35.5. The molecule has 1 heterocycles. The first kappa shape index (κ1) is 44.1. The number of aromatic nitrogens is 2. The number of ether oxygens (including phenoxy) is 1. The molecule has 10 nitrogen and oxygen atoms in total. The molecule has 0 radical (unpaired) electrons. The monoisotopic (exact) mass is 857 g/mol. The number of allylic oxidation sites excluding steroid dienone is 1. The van der Waals surface area contributed by atoms with E-state index in [9.17, 15) is 24.3 Å². The Bertz CT molecular complexity index is 2170. The van der Waals surface area contributed by atoms with E-state index in [1.54, 1.807) is 0 Å². The largest absolute Gasteiger partial charge is 0.481 e. The van der Waals surface area contributed by atoms with Gasteiger partial charge >= 0.3 is 11.9 Å². The standard InChI is InChI=1S/C50H68ClN3O7/c1-27(2)38-33(55)26-50(52-42(59)46(7,8)43-54-53-37(61-43)24-28-12-14-29(51)15-13-28)23-22-48(10)30(39(38)50)16-17-35-47(9)20-19-36(45(5,6)34(47)18-21-49(35,48)11)60-41(58)32-25-31(40(56)57)44(32,3)4/h12-15,27,30-32,34-36H,16-26H2,1-11H3,(H,52,59)(H,56,57)/t30-,31+,32-,34+,35-,36+,47+,48-,49-,50-/m1/s1. The highest BCUT2D eigenvalue weighted by Crippen LogP contribution is 2.76. The lowest BCUT2D eigenvalue weighted by atomic mass is 9.33. The number of hydrogen-bond donors (Lipinski definition) is 2. The zero-order valence-electron chi connectivity index (χ0n) is 38.3. The minimum Gasteiger partial charge on any atom is -0.481 e. The van der Waals surface area contributed by atoms with Gasteiger partial charge in [0.1, 0.15) is 11.5 Å². The van der Waals surface area contributed by atoms with Crippen LogP contribution in [0.4, 0.5) is 0 Å². The maximum atomic E-state index is 14.6. The number of carbonyl (C=O) groups is 4. The number of nitrogens with one attached hydrogen (secondary N) is 1. The number of hydrogen-bond acceptors (Lipinski definition) is 8. The molecule has 0 unspecified atom stereocenters.